The lowest BCUT2D eigenvalue weighted by molar-refractivity contribution is -0.0737. The predicted octanol–water partition coefficient (Wildman–Crippen LogP) is 1.43. The first-order valence-corrected chi connectivity index (χ1v) is 6.03. The molecule has 1 atom stereocenters. The minimum Gasteiger partial charge on any atom is -0.387 e. The molecule has 1 saturated heterocycles. The predicted molar refractivity (Wildman–Crippen MR) is 68.8 cm³/mol. The lowest BCUT2D eigenvalue weighted by Gasteiger charge is -2.26. The van der Waals surface area contributed by atoms with Crippen molar-refractivity contribution in [1.29, 1.82) is 0 Å². The van der Waals surface area contributed by atoms with Gasteiger partial charge < -0.3 is 10.5 Å². The molecule has 2 rings (SSSR count). The van der Waals surface area contributed by atoms with Crippen LogP contribution in [0.2, 0.25) is 0 Å². The minimum atomic E-state index is -0.273. The van der Waals surface area contributed by atoms with E-state index in [9.17, 15) is 0 Å². The highest BCUT2D eigenvalue weighted by Crippen LogP contribution is 2.44. The fraction of sp³-hybridized carbons (Fsp3) is 0.727. The van der Waals surface area contributed by atoms with Gasteiger partial charge in [-0.15, -0.1) is 5.10 Å². The van der Waals surface area contributed by atoms with Gasteiger partial charge in [-0.05, 0) is 27.7 Å². The molecule has 0 aliphatic carbocycles. The average molecular weight is 254 g/mol. The van der Waals surface area contributed by atoms with Crippen molar-refractivity contribution < 1.29 is 4.74 Å². The van der Waals surface area contributed by atoms with Crippen LogP contribution >= 0.6 is 12.2 Å². The molecular weight excluding hydrogens is 236 g/mol. The molecule has 0 bridgehead atoms. The largest absolute Gasteiger partial charge is 0.387 e. The first-order chi connectivity index (χ1) is 7.71. The maximum Gasteiger partial charge on any atom is 0.208 e. The third-order valence-electron chi connectivity index (χ3n) is 3.07. The number of hydrogen-bond acceptors (Lipinski definition) is 4. The molecule has 2 N–H and O–H groups in total. The fourth-order valence-electron chi connectivity index (χ4n) is 2.48. The molecule has 0 radical (unpaired) electrons. The van der Waals surface area contributed by atoms with Crippen LogP contribution in [-0.4, -0.2) is 31.0 Å². The molecule has 0 spiro atoms. The van der Waals surface area contributed by atoms with Gasteiger partial charge in [0.15, 0.2) is 0 Å². The van der Waals surface area contributed by atoms with Gasteiger partial charge in [-0.2, -0.15) is 0 Å². The third-order valence-corrected chi connectivity index (χ3v) is 3.26. The molecule has 0 amide bonds. The van der Waals surface area contributed by atoms with Crippen LogP contribution in [0.1, 0.15) is 46.0 Å². The van der Waals surface area contributed by atoms with Crippen LogP contribution < -0.4 is 5.73 Å². The van der Waals surface area contributed by atoms with Crippen LogP contribution in [0.25, 0.3) is 0 Å². The van der Waals surface area contributed by atoms with Crippen LogP contribution in [0.5, 0.6) is 0 Å². The Kier molecular flexibility index (Phi) is 2.74. The van der Waals surface area contributed by atoms with E-state index in [1.807, 2.05) is 4.68 Å². The van der Waals surface area contributed by atoms with Crippen LogP contribution in [0.15, 0.2) is 6.33 Å². The van der Waals surface area contributed by atoms with Gasteiger partial charge >= 0.3 is 0 Å². The maximum atomic E-state index is 6.02. The van der Waals surface area contributed by atoms with Gasteiger partial charge in [0.25, 0.3) is 0 Å². The molecule has 1 unspecified atom stereocenters. The summed E-state index contributed by atoms with van der Waals surface area (Å²) in [5.41, 5.74) is 5.09. The van der Waals surface area contributed by atoms with Crippen molar-refractivity contribution in [3.8, 4) is 0 Å². The Morgan fingerprint density at radius 3 is 2.59 bits per heavy atom. The van der Waals surface area contributed by atoms with E-state index >= 15 is 0 Å². The van der Waals surface area contributed by atoms with Gasteiger partial charge in [0.1, 0.15) is 11.3 Å². The molecule has 1 aliphatic heterocycles. The highest BCUT2D eigenvalue weighted by Gasteiger charge is 2.47. The second-order valence-corrected chi connectivity index (χ2v) is 6.04. The van der Waals surface area contributed by atoms with Gasteiger partial charge in [-0.25, -0.2) is 9.67 Å². The van der Waals surface area contributed by atoms with Crippen molar-refractivity contribution in [2.24, 2.45) is 5.73 Å². The van der Waals surface area contributed by atoms with Gasteiger partial charge in [-0.3, -0.25) is 0 Å². The summed E-state index contributed by atoms with van der Waals surface area (Å²) in [5, 5.41) is 4.31. The zero-order valence-corrected chi connectivity index (χ0v) is 11.4. The van der Waals surface area contributed by atoms with E-state index in [0.717, 1.165) is 6.42 Å². The van der Waals surface area contributed by atoms with Crippen molar-refractivity contribution in [2.75, 3.05) is 0 Å². The maximum absolute atomic E-state index is 6.02. The summed E-state index contributed by atoms with van der Waals surface area (Å²) in [6.45, 7) is 8.30. The zero-order chi connectivity index (χ0) is 12.8. The lowest BCUT2D eigenvalue weighted by Crippen LogP contribution is -2.31. The van der Waals surface area contributed by atoms with Crippen LogP contribution in [0.3, 0.4) is 0 Å². The molecule has 1 fully saturated rings. The van der Waals surface area contributed by atoms with E-state index in [0.29, 0.717) is 5.82 Å². The van der Waals surface area contributed by atoms with E-state index in [4.69, 9.17) is 22.7 Å². The molecule has 0 saturated carbocycles. The van der Waals surface area contributed by atoms with Crippen molar-refractivity contribution in [2.45, 2.75) is 51.4 Å². The molecule has 1 aliphatic rings. The molecule has 94 valence electrons. The molecule has 1 aromatic rings. The van der Waals surface area contributed by atoms with Crippen LogP contribution in [-0.2, 0) is 4.74 Å². The summed E-state index contributed by atoms with van der Waals surface area (Å²) in [6.07, 6.45) is 2.56. The second kappa shape index (κ2) is 3.74. The molecule has 17 heavy (non-hydrogen) atoms. The van der Waals surface area contributed by atoms with E-state index in [-0.39, 0.29) is 22.2 Å². The van der Waals surface area contributed by atoms with Gasteiger partial charge in [-0.1, -0.05) is 12.2 Å². The molecule has 1 aromatic heterocycles. The Hall–Kier alpha value is -1.01. The Morgan fingerprint density at radius 1 is 1.53 bits per heavy atom. The summed E-state index contributed by atoms with van der Waals surface area (Å²) >= 11 is 4.86. The number of nitrogens with two attached hydrogens (primary N) is 1. The Labute approximate surface area is 106 Å². The lowest BCUT2D eigenvalue weighted by atomic mass is 9.95. The third kappa shape index (κ3) is 2.32. The Balaban J connectivity index is 2.30. The molecular formula is C11H18N4OS. The number of hydrogen-bond donors (Lipinski definition) is 1. The number of nitrogens with zero attached hydrogens (tertiary/aromatic N) is 3. The van der Waals surface area contributed by atoms with E-state index in [1.165, 1.54) is 0 Å². The van der Waals surface area contributed by atoms with E-state index < -0.39 is 0 Å². The SMILES string of the molecule is CC1(C)CC(n2cnc(C(N)=S)n2)C(C)(C)O1. The fourth-order valence-corrected chi connectivity index (χ4v) is 2.58. The van der Waals surface area contributed by atoms with Gasteiger partial charge in [0.05, 0.1) is 17.2 Å². The normalized spacial score (nSPS) is 26.0. The number of rotatable bonds is 2. The zero-order valence-electron chi connectivity index (χ0n) is 10.6. The minimum absolute atomic E-state index is 0.146. The highest BCUT2D eigenvalue weighted by atomic mass is 32.1. The molecule has 5 nitrogen and oxygen atoms in total. The summed E-state index contributed by atoms with van der Waals surface area (Å²) in [5.74, 6) is 0.417. The topological polar surface area (TPSA) is 66.0 Å². The second-order valence-electron chi connectivity index (χ2n) is 5.60. The summed E-state index contributed by atoms with van der Waals surface area (Å²) in [4.78, 5) is 4.33. The van der Waals surface area contributed by atoms with Crippen molar-refractivity contribution in [1.82, 2.24) is 14.8 Å². The number of thiocarbonyl (C=S) groups is 1. The number of ether oxygens (including phenoxy) is 1. The van der Waals surface area contributed by atoms with Crippen molar-refractivity contribution >= 4 is 17.2 Å². The monoisotopic (exact) mass is 254 g/mol. The molecule has 2 heterocycles. The van der Waals surface area contributed by atoms with Crippen molar-refractivity contribution in [3.63, 3.8) is 0 Å². The number of aromatic nitrogens is 3. The van der Waals surface area contributed by atoms with Gasteiger partial charge in [0.2, 0.25) is 5.82 Å². The standard InChI is InChI=1S/C11H18N4OS/c1-10(2)5-7(11(3,4)16-10)15-6-13-9(14-15)8(12)17/h6-7H,5H2,1-4H3,(H2,12,17). The molecule has 6 heteroatoms. The Morgan fingerprint density at radius 2 is 2.18 bits per heavy atom. The average Bonchev–Trinajstić information content (AvgIpc) is 2.67. The first kappa shape index (κ1) is 12.4. The van der Waals surface area contributed by atoms with E-state index in [2.05, 4.69) is 37.8 Å². The van der Waals surface area contributed by atoms with E-state index in [1.54, 1.807) is 6.33 Å². The Bertz CT molecular complexity index is 452. The van der Waals surface area contributed by atoms with Crippen molar-refractivity contribution in [3.05, 3.63) is 12.2 Å². The summed E-state index contributed by atoms with van der Waals surface area (Å²) in [6, 6.07) is 0.146. The summed E-state index contributed by atoms with van der Waals surface area (Å²) in [7, 11) is 0. The first-order valence-electron chi connectivity index (χ1n) is 5.62. The van der Waals surface area contributed by atoms with Crippen LogP contribution in [0.4, 0.5) is 0 Å². The highest BCUT2D eigenvalue weighted by molar-refractivity contribution is 7.80. The summed E-state index contributed by atoms with van der Waals surface area (Å²) < 4.78 is 7.83. The smallest absolute Gasteiger partial charge is 0.208 e. The quantitative estimate of drug-likeness (QED) is 0.809. The molecule has 0 aromatic carbocycles. The van der Waals surface area contributed by atoms with Gasteiger partial charge in [0, 0.05) is 6.42 Å². The van der Waals surface area contributed by atoms with Crippen LogP contribution in [0, 0.1) is 0 Å².